The third-order valence-corrected chi connectivity index (χ3v) is 4.67. The molecule has 2 heterocycles. The van der Waals surface area contributed by atoms with Gasteiger partial charge in [0.25, 0.3) is 0 Å². The number of benzene rings is 1. The largest absolute Gasteiger partial charge is 0.339 e. The number of hydrogen-bond acceptors (Lipinski definition) is 5. The van der Waals surface area contributed by atoms with Crippen molar-refractivity contribution >= 4 is 11.9 Å². The molecular formula is C17H18N4O3. The Morgan fingerprint density at radius 2 is 2.00 bits per heavy atom. The van der Waals surface area contributed by atoms with Crippen LogP contribution in [0.2, 0.25) is 0 Å². The molecule has 1 saturated carbocycles. The SMILES string of the molecule is O=C1CNC(=O)N1Cc1ccccc1-c1noc(C2CCCC2)n1. The minimum Gasteiger partial charge on any atom is -0.339 e. The summed E-state index contributed by atoms with van der Waals surface area (Å²) < 4.78 is 5.45. The van der Waals surface area contributed by atoms with Gasteiger partial charge in [0.1, 0.15) is 0 Å². The molecule has 2 aromatic rings. The topological polar surface area (TPSA) is 88.3 Å². The van der Waals surface area contributed by atoms with Gasteiger partial charge in [0.05, 0.1) is 13.1 Å². The Kier molecular flexibility index (Phi) is 3.76. The monoisotopic (exact) mass is 326 g/mol. The normalized spacial score (nSPS) is 18.4. The number of rotatable bonds is 4. The van der Waals surface area contributed by atoms with Crippen molar-refractivity contribution in [1.82, 2.24) is 20.4 Å². The maximum absolute atomic E-state index is 11.8. The average Bonchev–Trinajstić information content (AvgIpc) is 3.32. The molecule has 1 aliphatic heterocycles. The van der Waals surface area contributed by atoms with Gasteiger partial charge in [0.15, 0.2) is 0 Å². The van der Waals surface area contributed by atoms with Crippen molar-refractivity contribution in [2.45, 2.75) is 38.1 Å². The average molecular weight is 326 g/mol. The Labute approximate surface area is 139 Å². The molecule has 0 spiro atoms. The zero-order valence-corrected chi connectivity index (χ0v) is 13.2. The molecule has 1 aromatic carbocycles. The molecule has 1 aromatic heterocycles. The van der Waals surface area contributed by atoms with Gasteiger partial charge in [-0.3, -0.25) is 9.69 Å². The number of nitrogens with one attached hydrogen (secondary N) is 1. The second-order valence-electron chi connectivity index (χ2n) is 6.23. The summed E-state index contributed by atoms with van der Waals surface area (Å²) in [4.78, 5) is 29.3. The van der Waals surface area contributed by atoms with Crippen LogP contribution in [-0.4, -0.2) is 33.5 Å². The number of imide groups is 1. The van der Waals surface area contributed by atoms with Crippen molar-refractivity contribution in [2.24, 2.45) is 0 Å². The summed E-state index contributed by atoms with van der Waals surface area (Å²) in [5.41, 5.74) is 1.61. The summed E-state index contributed by atoms with van der Waals surface area (Å²) in [7, 11) is 0. The minimum absolute atomic E-state index is 0.0506. The maximum Gasteiger partial charge on any atom is 0.324 e. The van der Waals surface area contributed by atoms with Gasteiger partial charge >= 0.3 is 6.03 Å². The lowest BCUT2D eigenvalue weighted by atomic mass is 10.1. The molecular weight excluding hydrogens is 308 g/mol. The predicted octanol–water partition coefficient (Wildman–Crippen LogP) is 2.45. The van der Waals surface area contributed by atoms with E-state index in [9.17, 15) is 9.59 Å². The molecule has 0 bridgehead atoms. The van der Waals surface area contributed by atoms with E-state index in [1.165, 1.54) is 17.7 Å². The smallest absolute Gasteiger partial charge is 0.324 e. The van der Waals surface area contributed by atoms with Gasteiger partial charge in [-0.2, -0.15) is 4.98 Å². The van der Waals surface area contributed by atoms with Crippen molar-refractivity contribution in [3.05, 3.63) is 35.7 Å². The highest BCUT2D eigenvalue weighted by molar-refractivity contribution is 6.01. The third-order valence-electron chi connectivity index (χ3n) is 4.67. The molecule has 0 unspecified atom stereocenters. The van der Waals surface area contributed by atoms with Crippen LogP contribution < -0.4 is 5.32 Å². The molecule has 3 amide bonds. The van der Waals surface area contributed by atoms with Gasteiger partial charge in [-0.05, 0) is 18.4 Å². The van der Waals surface area contributed by atoms with Gasteiger partial charge in [0.2, 0.25) is 17.6 Å². The van der Waals surface area contributed by atoms with Gasteiger partial charge in [0, 0.05) is 11.5 Å². The minimum atomic E-state index is -0.366. The standard InChI is InChI=1S/C17H18N4O3/c22-14-9-18-17(23)21(14)10-12-7-3-4-8-13(12)15-19-16(24-20-15)11-5-1-2-6-11/h3-4,7-8,11H,1-2,5-6,9-10H2,(H,18,23). The lowest BCUT2D eigenvalue weighted by Gasteiger charge is -2.14. The predicted molar refractivity (Wildman–Crippen MR) is 84.9 cm³/mol. The fourth-order valence-electron chi connectivity index (χ4n) is 3.35. The Bertz CT molecular complexity index is 764. The van der Waals surface area contributed by atoms with Gasteiger partial charge in [-0.15, -0.1) is 0 Å². The van der Waals surface area contributed by atoms with Crippen molar-refractivity contribution in [3.63, 3.8) is 0 Å². The second kappa shape index (κ2) is 6.07. The Morgan fingerprint density at radius 3 is 2.75 bits per heavy atom. The summed E-state index contributed by atoms with van der Waals surface area (Å²) in [5.74, 6) is 1.32. The molecule has 0 radical (unpaired) electrons. The van der Waals surface area contributed by atoms with Crippen molar-refractivity contribution in [3.8, 4) is 11.4 Å². The first-order valence-corrected chi connectivity index (χ1v) is 8.22. The number of carbonyl (C=O) groups excluding carboxylic acids is 2. The van der Waals surface area contributed by atoms with E-state index in [2.05, 4.69) is 15.5 Å². The summed E-state index contributed by atoms with van der Waals surface area (Å²) >= 11 is 0. The highest BCUT2D eigenvalue weighted by Gasteiger charge is 2.29. The van der Waals surface area contributed by atoms with Gasteiger partial charge in [-0.1, -0.05) is 42.3 Å². The fraction of sp³-hybridized carbons (Fsp3) is 0.412. The first kappa shape index (κ1) is 14.9. The quantitative estimate of drug-likeness (QED) is 0.872. The van der Waals surface area contributed by atoms with Crippen molar-refractivity contribution in [1.29, 1.82) is 0 Å². The Balaban J connectivity index is 1.62. The molecule has 7 heteroatoms. The van der Waals surface area contributed by atoms with E-state index >= 15 is 0 Å². The number of urea groups is 1. The molecule has 4 rings (SSSR count). The number of amides is 3. The fourth-order valence-corrected chi connectivity index (χ4v) is 3.35. The van der Waals surface area contributed by atoms with Crippen LogP contribution in [0.5, 0.6) is 0 Å². The lowest BCUT2D eigenvalue weighted by molar-refractivity contribution is -0.125. The van der Waals surface area contributed by atoms with Crippen LogP contribution >= 0.6 is 0 Å². The van der Waals surface area contributed by atoms with Crippen LogP contribution in [0.1, 0.15) is 43.1 Å². The van der Waals surface area contributed by atoms with Crippen molar-refractivity contribution in [2.75, 3.05) is 6.54 Å². The summed E-state index contributed by atoms with van der Waals surface area (Å²) in [6.07, 6.45) is 4.58. The number of aromatic nitrogens is 2. The molecule has 7 nitrogen and oxygen atoms in total. The highest BCUT2D eigenvalue weighted by atomic mass is 16.5. The lowest BCUT2D eigenvalue weighted by Crippen LogP contribution is -2.30. The summed E-state index contributed by atoms with van der Waals surface area (Å²) in [5, 5.41) is 6.64. The first-order chi connectivity index (χ1) is 11.7. The third kappa shape index (κ3) is 2.66. The van der Waals surface area contributed by atoms with Crippen LogP contribution in [0, 0.1) is 0 Å². The van der Waals surface area contributed by atoms with Gasteiger partial charge < -0.3 is 9.84 Å². The first-order valence-electron chi connectivity index (χ1n) is 8.22. The van der Waals surface area contributed by atoms with Crippen LogP contribution in [0.25, 0.3) is 11.4 Å². The van der Waals surface area contributed by atoms with Crippen LogP contribution in [0.15, 0.2) is 28.8 Å². The molecule has 1 saturated heterocycles. The Hall–Kier alpha value is -2.70. The Morgan fingerprint density at radius 1 is 1.21 bits per heavy atom. The number of carbonyl (C=O) groups is 2. The second-order valence-corrected chi connectivity index (χ2v) is 6.23. The van der Waals surface area contributed by atoms with E-state index in [4.69, 9.17) is 4.52 Å². The molecule has 1 N–H and O–H groups in total. The van der Waals surface area contributed by atoms with Crippen LogP contribution in [-0.2, 0) is 11.3 Å². The molecule has 2 fully saturated rings. The van der Waals surface area contributed by atoms with Gasteiger partial charge in [-0.25, -0.2) is 4.79 Å². The number of hydrogen-bond donors (Lipinski definition) is 1. The van der Waals surface area contributed by atoms with Crippen LogP contribution in [0.4, 0.5) is 4.79 Å². The van der Waals surface area contributed by atoms with E-state index < -0.39 is 0 Å². The van der Waals surface area contributed by atoms with E-state index in [0.717, 1.165) is 24.0 Å². The summed E-state index contributed by atoms with van der Waals surface area (Å²) in [6.45, 7) is 0.253. The molecule has 1 aliphatic carbocycles. The van der Waals surface area contributed by atoms with Crippen LogP contribution in [0.3, 0.4) is 0 Å². The zero-order chi connectivity index (χ0) is 16.5. The van der Waals surface area contributed by atoms with E-state index in [0.29, 0.717) is 17.6 Å². The maximum atomic E-state index is 11.8. The van der Waals surface area contributed by atoms with E-state index in [1.807, 2.05) is 24.3 Å². The number of nitrogens with zero attached hydrogens (tertiary/aromatic N) is 3. The molecule has 2 aliphatic rings. The van der Waals surface area contributed by atoms with Crippen molar-refractivity contribution < 1.29 is 14.1 Å². The van der Waals surface area contributed by atoms with E-state index in [-0.39, 0.29) is 25.0 Å². The molecule has 0 atom stereocenters. The zero-order valence-electron chi connectivity index (χ0n) is 13.2. The summed E-state index contributed by atoms with van der Waals surface area (Å²) in [6, 6.07) is 7.15. The molecule has 24 heavy (non-hydrogen) atoms. The molecule has 124 valence electrons. The highest BCUT2D eigenvalue weighted by Crippen LogP contribution is 2.34. The van der Waals surface area contributed by atoms with E-state index in [1.54, 1.807) is 0 Å².